The molecule has 1 atom stereocenters. The molecule has 0 saturated heterocycles. The minimum absolute atomic E-state index is 0.283. The van der Waals surface area contributed by atoms with Crippen LogP contribution in [0.3, 0.4) is 0 Å². The third-order valence-corrected chi connectivity index (χ3v) is 5.71. The van der Waals surface area contributed by atoms with Crippen molar-refractivity contribution in [1.82, 2.24) is 15.2 Å². The number of nitrogens with one attached hydrogen (secondary N) is 1. The second-order valence-electron chi connectivity index (χ2n) is 6.87. The predicted molar refractivity (Wildman–Crippen MR) is 88.1 cm³/mol. The summed E-state index contributed by atoms with van der Waals surface area (Å²) in [4.78, 5) is 0. The van der Waals surface area contributed by atoms with Crippen LogP contribution in [0.25, 0.3) is 0 Å². The minimum atomic E-state index is 0.283. The highest BCUT2D eigenvalue weighted by Gasteiger charge is 2.29. The van der Waals surface area contributed by atoms with Gasteiger partial charge in [0.1, 0.15) is 0 Å². The zero-order valence-electron chi connectivity index (χ0n) is 13.7. The SMILES string of the molecule is Cc1nn(C)c(CC(NN)C2CCC(C(C)C)CC2)c1Cl. The normalized spacial score (nSPS) is 24.5. The van der Waals surface area contributed by atoms with E-state index in [9.17, 15) is 0 Å². The van der Waals surface area contributed by atoms with E-state index < -0.39 is 0 Å². The number of hydrogen-bond acceptors (Lipinski definition) is 3. The lowest BCUT2D eigenvalue weighted by Gasteiger charge is -2.35. The number of nitrogens with two attached hydrogens (primary N) is 1. The quantitative estimate of drug-likeness (QED) is 0.648. The Balaban J connectivity index is 2.01. The second kappa shape index (κ2) is 7.12. The molecule has 0 amide bonds. The van der Waals surface area contributed by atoms with Crippen LogP contribution in [0, 0.1) is 24.7 Å². The van der Waals surface area contributed by atoms with Crippen LogP contribution in [0.5, 0.6) is 0 Å². The molecule has 120 valence electrons. The zero-order valence-corrected chi connectivity index (χ0v) is 14.5. The Bertz CT molecular complexity index is 461. The third kappa shape index (κ3) is 3.79. The van der Waals surface area contributed by atoms with Gasteiger partial charge in [0.05, 0.1) is 16.4 Å². The number of hydrogen-bond donors (Lipinski definition) is 2. The van der Waals surface area contributed by atoms with Gasteiger partial charge in [0.2, 0.25) is 0 Å². The lowest BCUT2D eigenvalue weighted by molar-refractivity contribution is 0.187. The van der Waals surface area contributed by atoms with Crippen LogP contribution in [0.4, 0.5) is 0 Å². The first-order valence-corrected chi connectivity index (χ1v) is 8.45. The highest BCUT2D eigenvalue weighted by molar-refractivity contribution is 6.31. The van der Waals surface area contributed by atoms with Gasteiger partial charge in [0, 0.05) is 19.5 Å². The maximum Gasteiger partial charge on any atom is 0.0847 e. The lowest BCUT2D eigenvalue weighted by atomic mass is 9.74. The van der Waals surface area contributed by atoms with Crippen molar-refractivity contribution in [2.24, 2.45) is 30.6 Å². The van der Waals surface area contributed by atoms with Gasteiger partial charge in [-0.3, -0.25) is 16.0 Å². The summed E-state index contributed by atoms with van der Waals surface area (Å²) in [5, 5.41) is 5.18. The van der Waals surface area contributed by atoms with Gasteiger partial charge in [-0.1, -0.05) is 25.4 Å². The Hall–Kier alpha value is -0.580. The molecule has 3 N–H and O–H groups in total. The van der Waals surface area contributed by atoms with Crippen LogP contribution in [0.2, 0.25) is 5.02 Å². The second-order valence-corrected chi connectivity index (χ2v) is 7.24. The number of hydrazine groups is 1. The predicted octanol–water partition coefficient (Wildman–Crippen LogP) is 3.22. The summed E-state index contributed by atoms with van der Waals surface area (Å²) in [5.41, 5.74) is 5.01. The number of nitrogens with zero attached hydrogens (tertiary/aromatic N) is 2. The van der Waals surface area contributed by atoms with Crippen LogP contribution in [0.1, 0.15) is 50.9 Å². The Morgan fingerprint density at radius 2 is 1.86 bits per heavy atom. The molecule has 1 saturated carbocycles. The average molecular weight is 313 g/mol. The molecule has 0 bridgehead atoms. The maximum absolute atomic E-state index is 6.37. The fraction of sp³-hybridized carbons (Fsp3) is 0.812. The van der Waals surface area contributed by atoms with Crippen molar-refractivity contribution in [2.75, 3.05) is 0 Å². The van der Waals surface area contributed by atoms with E-state index >= 15 is 0 Å². The molecular formula is C16H29ClN4. The topological polar surface area (TPSA) is 55.9 Å². The summed E-state index contributed by atoms with van der Waals surface area (Å²) in [7, 11) is 1.96. The minimum Gasteiger partial charge on any atom is -0.271 e. The number of aromatic nitrogens is 2. The standard InChI is InChI=1S/C16H29ClN4/c1-10(2)12-5-7-13(8-6-12)14(19-18)9-15-16(17)11(3)20-21(15)4/h10,12-14,19H,5-9,18H2,1-4H3. The van der Waals surface area contributed by atoms with E-state index in [1.165, 1.54) is 25.7 Å². The van der Waals surface area contributed by atoms with Crippen molar-refractivity contribution in [2.45, 2.75) is 58.9 Å². The van der Waals surface area contributed by atoms with E-state index in [4.69, 9.17) is 17.4 Å². The molecule has 1 aromatic rings. The summed E-state index contributed by atoms with van der Waals surface area (Å²) < 4.78 is 1.89. The smallest absolute Gasteiger partial charge is 0.0847 e. The van der Waals surface area contributed by atoms with E-state index in [1.54, 1.807) is 0 Å². The molecule has 1 aromatic heterocycles. The van der Waals surface area contributed by atoms with E-state index in [0.717, 1.165) is 34.7 Å². The fourth-order valence-corrected chi connectivity index (χ4v) is 3.92. The Morgan fingerprint density at radius 3 is 2.29 bits per heavy atom. The molecule has 2 rings (SSSR count). The fourth-order valence-electron chi connectivity index (χ4n) is 3.69. The molecule has 4 nitrogen and oxygen atoms in total. The highest BCUT2D eigenvalue weighted by atomic mass is 35.5. The molecular weight excluding hydrogens is 284 g/mol. The molecule has 0 spiro atoms. The first-order valence-electron chi connectivity index (χ1n) is 8.08. The number of aryl methyl sites for hydroxylation is 2. The highest BCUT2D eigenvalue weighted by Crippen LogP contribution is 2.35. The van der Waals surface area contributed by atoms with Crippen LogP contribution < -0.4 is 11.3 Å². The van der Waals surface area contributed by atoms with Crippen molar-refractivity contribution >= 4 is 11.6 Å². The van der Waals surface area contributed by atoms with Crippen molar-refractivity contribution in [3.8, 4) is 0 Å². The molecule has 0 radical (unpaired) electrons. The molecule has 1 aliphatic rings. The molecule has 1 unspecified atom stereocenters. The number of rotatable bonds is 5. The lowest BCUT2D eigenvalue weighted by Crippen LogP contribution is -2.44. The summed E-state index contributed by atoms with van der Waals surface area (Å²) in [6.07, 6.45) is 6.00. The monoisotopic (exact) mass is 312 g/mol. The number of halogens is 1. The molecule has 21 heavy (non-hydrogen) atoms. The third-order valence-electron chi connectivity index (χ3n) is 5.22. The summed E-state index contributed by atoms with van der Waals surface area (Å²) >= 11 is 6.37. The van der Waals surface area contributed by atoms with Crippen molar-refractivity contribution < 1.29 is 0 Å². The Morgan fingerprint density at radius 1 is 1.29 bits per heavy atom. The molecule has 0 aliphatic heterocycles. The largest absolute Gasteiger partial charge is 0.271 e. The molecule has 5 heteroatoms. The van der Waals surface area contributed by atoms with Gasteiger partial charge in [-0.15, -0.1) is 0 Å². The van der Waals surface area contributed by atoms with E-state index in [0.29, 0.717) is 5.92 Å². The van der Waals surface area contributed by atoms with E-state index in [2.05, 4.69) is 24.4 Å². The first-order chi connectivity index (χ1) is 9.93. The Labute approximate surface area is 133 Å². The van der Waals surface area contributed by atoms with E-state index in [1.807, 2.05) is 18.7 Å². The van der Waals surface area contributed by atoms with Gasteiger partial charge in [-0.05, 0) is 50.4 Å². The van der Waals surface area contributed by atoms with Crippen molar-refractivity contribution in [3.63, 3.8) is 0 Å². The summed E-state index contributed by atoms with van der Waals surface area (Å²) in [5.74, 6) is 8.14. The van der Waals surface area contributed by atoms with Crippen molar-refractivity contribution in [1.29, 1.82) is 0 Å². The van der Waals surface area contributed by atoms with Gasteiger partial charge < -0.3 is 0 Å². The van der Waals surface area contributed by atoms with Gasteiger partial charge >= 0.3 is 0 Å². The van der Waals surface area contributed by atoms with Crippen LogP contribution >= 0.6 is 11.6 Å². The maximum atomic E-state index is 6.37. The molecule has 1 heterocycles. The van der Waals surface area contributed by atoms with Crippen molar-refractivity contribution in [3.05, 3.63) is 16.4 Å². The molecule has 1 aliphatic carbocycles. The summed E-state index contributed by atoms with van der Waals surface area (Å²) in [6, 6.07) is 0.283. The van der Waals surface area contributed by atoms with Gasteiger partial charge in [-0.25, -0.2) is 0 Å². The van der Waals surface area contributed by atoms with Gasteiger partial charge in [-0.2, -0.15) is 5.10 Å². The Kier molecular flexibility index (Phi) is 5.69. The van der Waals surface area contributed by atoms with Crippen LogP contribution in [-0.2, 0) is 13.5 Å². The zero-order chi connectivity index (χ0) is 15.6. The van der Waals surface area contributed by atoms with Crippen LogP contribution in [-0.4, -0.2) is 15.8 Å². The van der Waals surface area contributed by atoms with Gasteiger partial charge in [0.15, 0.2) is 0 Å². The van der Waals surface area contributed by atoms with Gasteiger partial charge in [0.25, 0.3) is 0 Å². The average Bonchev–Trinajstić information content (AvgIpc) is 2.70. The molecule has 0 aromatic carbocycles. The van der Waals surface area contributed by atoms with Crippen LogP contribution in [0.15, 0.2) is 0 Å². The molecule has 1 fully saturated rings. The summed E-state index contributed by atoms with van der Waals surface area (Å²) in [6.45, 7) is 6.62. The van der Waals surface area contributed by atoms with E-state index in [-0.39, 0.29) is 6.04 Å². The first kappa shape index (κ1) is 16.8.